The van der Waals surface area contributed by atoms with Crippen molar-refractivity contribution in [3.05, 3.63) is 30.1 Å². The lowest BCUT2D eigenvalue weighted by Crippen LogP contribution is -2.51. The van der Waals surface area contributed by atoms with Crippen molar-refractivity contribution in [3.8, 4) is 0 Å². The summed E-state index contributed by atoms with van der Waals surface area (Å²) < 4.78 is 2.25. The van der Waals surface area contributed by atoms with E-state index in [1.165, 1.54) is 12.4 Å². The van der Waals surface area contributed by atoms with Gasteiger partial charge < -0.3 is 14.6 Å². The summed E-state index contributed by atoms with van der Waals surface area (Å²) in [6, 6.07) is 8.20. The Labute approximate surface area is 136 Å². The molecule has 1 aliphatic heterocycles. The van der Waals surface area contributed by atoms with E-state index in [9.17, 15) is 9.90 Å². The fraction of sp³-hybridized carbons (Fsp3) is 0.529. The van der Waals surface area contributed by atoms with Crippen LogP contribution in [0.15, 0.2) is 24.3 Å². The molecule has 1 aromatic heterocycles. The van der Waals surface area contributed by atoms with Gasteiger partial charge in [-0.05, 0) is 26.0 Å². The first-order valence-corrected chi connectivity index (χ1v) is 8.17. The van der Waals surface area contributed by atoms with E-state index in [0.717, 1.165) is 37.5 Å². The van der Waals surface area contributed by atoms with Crippen LogP contribution in [0.2, 0.25) is 0 Å². The van der Waals surface area contributed by atoms with Gasteiger partial charge in [0.2, 0.25) is 0 Å². The molecule has 1 unspecified atom stereocenters. The van der Waals surface area contributed by atoms with Gasteiger partial charge in [-0.1, -0.05) is 12.1 Å². The predicted molar refractivity (Wildman–Crippen MR) is 89.2 cm³/mol. The fourth-order valence-corrected chi connectivity index (χ4v) is 3.18. The first-order chi connectivity index (χ1) is 11.1. The molecule has 0 spiro atoms. The summed E-state index contributed by atoms with van der Waals surface area (Å²) in [6.07, 6.45) is -0.901. The van der Waals surface area contributed by atoms with Crippen molar-refractivity contribution in [2.75, 3.05) is 32.7 Å². The Balaban J connectivity index is 1.57. The van der Waals surface area contributed by atoms with Gasteiger partial charge in [-0.2, -0.15) is 0 Å². The normalized spacial score (nSPS) is 17.6. The molecule has 1 amide bonds. The molecule has 0 radical (unpaired) electrons. The maximum Gasteiger partial charge on any atom is 0.251 e. The maximum atomic E-state index is 11.8. The molecular weight excluding hydrogens is 292 g/mol. The molecule has 2 aromatic rings. The summed E-state index contributed by atoms with van der Waals surface area (Å²) in [5, 5.41) is 9.38. The Morgan fingerprint density at radius 2 is 1.91 bits per heavy atom. The highest BCUT2D eigenvalue weighted by Gasteiger charge is 2.23. The summed E-state index contributed by atoms with van der Waals surface area (Å²) >= 11 is 0. The van der Waals surface area contributed by atoms with Crippen molar-refractivity contribution in [2.45, 2.75) is 26.5 Å². The number of hydrogen-bond donors (Lipinski definition) is 1. The molecule has 0 bridgehead atoms. The fourth-order valence-electron chi connectivity index (χ4n) is 3.18. The zero-order valence-corrected chi connectivity index (χ0v) is 13.8. The van der Waals surface area contributed by atoms with E-state index in [-0.39, 0.29) is 5.91 Å². The highest BCUT2D eigenvalue weighted by molar-refractivity contribution is 5.80. The molecule has 1 N–H and O–H groups in total. The Hall–Kier alpha value is -1.92. The minimum atomic E-state index is -0.901. The number of amides is 1. The number of imidazole rings is 1. The van der Waals surface area contributed by atoms with Crippen molar-refractivity contribution < 1.29 is 9.90 Å². The van der Waals surface area contributed by atoms with Gasteiger partial charge in [-0.3, -0.25) is 9.69 Å². The highest BCUT2D eigenvalue weighted by atomic mass is 16.3. The van der Waals surface area contributed by atoms with Gasteiger partial charge in [0, 0.05) is 39.3 Å². The Kier molecular flexibility index (Phi) is 4.63. The number of hydrogen-bond acceptors (Lipinski definition) is 4. The number of piperazine rings is 1. The summed E-state index contributed by atoms with van der Waals surface area (Å²) in [5.74, 6) is 0.871. The number of carbonyl (C=O) groups excluding carboxylic acids is 1. The Morgan fingerprint density at radius 3 is 2.61 bits per heavy atom. The van der Waals surface area contributed by atoms with Crippen molar-refractivity contribution in [1.29, 1.82) is 0 Å². The number of aliphatic hydroxyl groups is 1. The highest BCUT2D eigenvalue weighted by Crippen LogP contribution is 2.15. The minimum absolute atomic E-state index is 0.166. The first-order valence-electron chi connectivity index (χ1n) is 8.17. The number of fused-ring (bicyclic) bond motifs is 1. The van der Waals surface area contributed by atoms with E-state index in [4.69, 9.17) is 0 Å². The standard InChI is InChI=1S/C17H24N4O2/c1-13(22)17(23)20-10-7-19(8-11-20)9-12-21-14(2)18-15-5-3-4-6-16(15)21/h3-6,13,22H,7-12H2,1-2H3. The van der Waals surface area contributed by atoms with E-state index in [1.807, 2.05) is 25.1 Å². The quantitative estimate of drug-likeness (QED) is 0.909. The van der Waals surface area contributed by atoms with Gasteiger partial charge in [0.15, 0.2) is 0 Å². The molecule has 6 nitrogen and oxygen atoms in total. The van der Waals surface area contributed by atoms with E-state index in [0.29, 0.717) is 13.1 Å². The number of rotatable bonds is 4. The van der Waals surface area contributed by atoms with Crippen molar-refractivity contribution in [3.63, 3.8) is 0 Å². The van der Waals surface area contributed by atoms with E-state index in [2.05, 4.69) is 20.5 Å². The van der Waals surface area contributed by atoms with Gasteiger partial charge in [0.1, 0.15) is 11.9 Å². The molecule has 1 atom stereocenters. The van der Waals surface area contributed by atoms with Crippen molar-refractivity contribution >= 4 is 16.9 Å². The number of aromatic nitrogens is 2. The van der Waals surface area contributed by atoms with Crippen LogP contribution in [0.5, 0.6) is 0 Å². The van der Waals surface area contributed by atoms with Gasteiger partial charge in [-0.15, -0.1) is 0 Å². The van der Waals surface area contributed by atoms with Crippen LogP contribution in [0.4, 0.5) is 0 Å². The smallest absolute Gasteiger partial charge is 0.251 e. The molecule has 1 saturated heterocycles. The Bertz CT molecular complexity index is 687. The molecule has 0 aliphatic carbocycles. The molecule has 0 saturated carbocycles. The van der Waals surface area contributed by atoms with Crippen LogP contribution >= 0.6 is 0 Å². The third-order valence-electron chi connectivity index (χ3n) is 4.53. The lowest BCUT2D eigenvalue weighted by atomic mass is 10.2. The number of nitrogens with zero attached hydrogens (tertiary/aromatic N) is 4. The van der Waals surface area contributed by atoms with Gasteiger partial charge in [0.25, 0.3) is 5.91 Å². The van der Waals surface area contributed by atoms with Crippen LogP contribution in [0.3, 0.4) is 0 Å². The number of aliphatic hydroxyl groups excluding tert-OH is 1. The minimum Gasteiger partial charge on any atom is -0.384 e. The summed E-state index contributed by atoms with van der Waals surface area (Å²) in [6.45, 7) is 8.49. The molecule has 1 aromatic carbocycles. The maximum absolute atomic E-state index is 11.8. The topological polar surface area (TPSA) is 61.6 Å². The molecule has 6 heteroatoms. The lowest BCUT2D eigenvalue weighted by molar-refractivity contribution is -0.141. The largest absolute Gasteiger partial charge is 0.384 e. The molecule has 3 rings (SSSR count). The molecule has 2 heterocycles. The van der Waals surface area contributed by atoms with Crippen LogP contribution < -0.4 is 0 Å². The number of aryl methyl sites for hydroxylation is 1. The molecule has 1 fully saturated rings. The first kappa shape index (κ1) is 16.0. The van der Waals surface area contributed by atoms with E-state index in [1.54, 1.807) is 4.90 Å². The van der Waals surface area contributed by atoms with Crippen LogP contribution in [0.25, 0.3) is 11.0 Å². The zero-order chi connectivity index (χ0) is 16.4. The molecular formula is C17H24N4O2. The second-order valence-corrected chi connectivity index (χ2v) is 6.14. The van der Waals surface area contributed by atoms with Gasteiger partial charge >= 0.3 is 0 Å². The molecule has 23 heavy (non-hydrogen) atoms. The second-order valence-electron chi connectivity index (χ2n) is 6.14. The summed E-state index contributed by atoms with van der Waals surface area (Å²) in [4.78, 5) is 20.5. The summed E-state index contributed by atoms with van der Waals surface area (Å²) in [5.41, 5.74) is 2.21. The van der Waals surface area contributed by atoms with Crippen LogP contribution in [0.1, 0.15) is 12.7 Å². The third kappa shape index (κ3) is 3.38. The van der Waals surface area contributed by atoms with Crippen LogP contribution in [0, 0.1) is 6.92 Å². The monoisotopic (exact) mass is 316 g/mol. The predicted octanol–water partition coefficient (Wildman–Crippen LogP) is 0.870. The average Bonchev–Trinajstić information content (AvgIpc) is 2.88. The van der Waals surface area contributed by atoms with E-state index < -0.39 is 6.10 Å². The van der Waals surface area contributed by atoms with Gasteiger partial charge in [0.05, 0.1) is 11.0 Å². The molecule has 124 valence electrons. The number of benzene rings is 1. The third-order valence-corrected chi connectivity index (χ3v) is 4.53. The average molecular weight is 316 g/mol. The number of para-hydroxylation sites is 2. The van der Waals surface area contributed by atoms with Crippen molar-refractivity contribution in [1.82, 2.24) is 19.4 Å². The zero-order valence-electron chi connectivity index (χ0n) is 13.8. The molecule has 1 aliphatic rings. The second kappa shape index (κ2) is 6.68. The SMILES string of the molecule is Cc1nc2ccccc2n1CCN1CCN(C(=O)C(C)O)CC1. The van der Waals surface area contributed by atoms with E-state index >= 15 is 0 Å². The van der Waals surface area contributed by atoms with Gasteiger partial charge in [-0.25, -0.2) is 4.98 Å². The Morgan fingerprint density at radius 1 is 1.22 bits per heavy atom. The number of carbonyl (C=O) groups is 1. The van der Waals surface area contributed by atoms with Crippen molar-refractivity contribution in [2.24, 2.45) is 0 Å². The lowest BCUT2D eigenvalue weighted by Gasteiger charge is -2.35. The summed E-state index contributed by atoms with van der Waals surface area (Å²) in [7, 11) is 0. The van der Waals surface area contributed by atoms with Crippen LogP contribution in [-0.4, -0.2) is 69.2 Å². The van der Waals surface area contributed by atoms with Crippen LogP contribution in [-0.2, 0) is 11.3 Å².